The molecule has 0 aromatic carbocycles. The van der Waals surface area contributed by atoms with Crippen molar-refractivity contribution in [3.63, 3.8) is 0 Å². The minimum Gasteiger partial charge on any atom is -0.459 e. The van der Waals surface area contributed by atoms with Gasteiger partial charge in [0.05, 0.1) is 23.2 Å². The second kappa shape index (κ2) is 9.04. The molecule has 2 rings (SSSR count). The van der Waals surface area contributed by atoms with E-state index in [1.54, 1.807) is 45.9 Å². The maximum atomic E-state index is 11.8. The summed E-state index contributed by atoms with van der Waals surface area (Å²) in [6.07, 6.45) is 0. The second-order valence-electron chi connectivity index (χ2n) is 6.19. The predicted octanol–water partition coefficient (Wildman–Crippen LogP) is 3.17. The Labute approximate surface area is 152 Å². The van der Waals surface area contributed by atoms with Crippen LogP contribution in [0.1, 0.15) is 43.8 Å². The summed E-state index contributed by atoms with van der Waals surface area (Å²) in [6, 6.07) is 8.73. The second-order valence-corrected chi connectivity index (χ2v) is 6.58. The highest BCUT2D eigenvalue weighted by atomic mass is 35.5. The van der Waals surface area contributed by atoms with Gasteiger partial charge in [-0.15, -0.1) is 5.10 Å². The number of hydrogen-bond donors (Lipinski definition) is 0. The number of nitriles is 1. The number of hydrogen-bond acceptors (Lipinski definition) is 7. The van der Waals surface area contributed by atoms with Crippen LogP contribution in [0.5, 0.6) is 0 Å². The van der Waals surface area contributed by atoms with E-state index in [-0.39, 0.29) is 0 Å². The molecule has 2 aromatic rings. The summed E-state index contributed by atoms with van der Waals surface area (Å²) in [5, 5.41) is 24.4. The molecule has 132 valence electrons. The molecule has 0 saturated heterocycles. The number of halogens is 1. The van der Waals surface area contributed by atoms with Crippen LogP contribution in [-0.4, -0.2) is 32.0 Å². The maximum absolute atomic E-state index is 11.8. The van der Waals surface area contributed by atoms with Gasteiger partial charge < -0.3 is 4.74 Å². The lowest BCUT2D eigenvalue weighted by Crippen LogP contribution is -2.27. The molecule has 0 N–H and O–H groups in total. The fourth-order valence-electron chi connectivity index (χ4n) is 1.55. The summed E-state index contributed by atoms with van der Waals surface area (Å²) < 4.78 is 5.15. The van der Waals surface area contributed by atoms with Crippen LogP contribution in [-0.2, 0) is 9.53 Å². The zero-order valence-corrected chi connectivity index (χ0v) is 15.6. The summed E-state index contributed by atoms with van der Waals surface area (Å²) >= 11 is 5.44. The number of rotatable bonds is 2. The standard InChI is InChI=1S/C12H15N3O2.C5H5ClN2/c1-8-5-6-10(15-14-8)9(7-13)11(16)17-12(2,3)4;1-4-2-3-5(6)8-7-4/h5-6,9H,1-4H3;2-3H,1H3. The molecule has 25 heavy (non-hydrogen) atoms. The van der Waals surface area contributed by atoms with Crippen molar-refractivity contribution in [1.82, 2.24) is 20.4 Å². The van der Waals surface area contributed by atoms with Gasteiger partial charge in [-0.3, -0.25) is 4.79 Å². The minimum atomic E-state index is -1.03. The lowest BCUT2D eigenvalue weighted by atomic mass is 10.1. The van der Waals surface area contributed by atoms with Gasteiger partial charge in [0.1, 0.15) is 5.60 Å². The van der Waals surface area contributed by atoms with Crippen molar-refractivity contribution in [1.29, 1.82) is 5.26 Å². The lowest BCUT2D eigenvalue weighted by Gasteiger charge is -2.20. The van der Waals surface area contributed by atoms with Crippen molar-refractivity contribution < 1.29 is 9.53 Å². The first-order valence-corrected chi connectivity index (χ1v) is 7.88. The van der Waals surface area contributed by atoms with Gasteiger partial charge in [-0.2, -0.15) is 20.6 Å². The van der Waals surface area contributed by atoms with Gasteiger partial charge in [0.2, 0.25) is 0 Å². The molecule has 1 atom stereocenters. The third-order valence-corrected chi connectivity index (χ3v) is 2.85. The van der Waals surface area contributed by atoms with E-state index >= 15 is 0 Å². The molecule has 0 aliphatic heterocycles. The van der Waals surface area contributed by atoms with Crippen LogP contribution in [0.4, 0.5) is 0 Å². The topological polar surface area (TPSA) is 102 Å². The monoisotopic (exact) mass is 361 g/mol. The van der Waals surface area contributed by atoms with E-state index in [0.29, 0.717) is 10.8 Å². The van der Waals surface area contributed by atoms with E-state index < -0.39 is 17.5 Å². The molecule has 8 heteroatoms. The minimum absolute atomic E-state index is 0.312. The van der Waals surface area contributed by atoms with Gasteiger partial charge in [0, 0.05) is 0 Å². The van der Waals surface area contributed by atoms with E-state index in [4.69, 9.17) is 21.6 Å². The first-order chi connectivity index (χ1) is 11.6. The van der Waals surface area contributed by atoms with E-state index in [2.05, 4.69) is 20.4 Å². The quantitative estimate of drug-likeness (QED) is 0.757. The fourth-order valence-corrected chi connectivity index (χ4v) is 1.65. The number of nitrogens with zero attached hydrogens (tertiary/aromatic N) is 5. The van der Waals surface area contributed by atoms with Gasteiger partial charge in [0.25, 0.3) is 0 Å². The number of esters is 1. The molecule has 0 aliphatic carbocycles. The summed E-state index contributed by atoms with van der Waals surface area (Å²) in [5.41, 5.74) is 1.31. The Bertz CT molecular complexity index is 713. The molecule has 0 bridgehead atoms. The lowest BCUT2D eigenvalue weighted by molar-refractivity contribution is -0.155. The van der Waals surface area contributed by atoms with E-state index in [0.717, 1.165) is 11.4 Å². The number of carbonyl (C=O) groups excluding carboxylic acids is 1. The molecule has 0 aliphatic rings. The molecule has 0 saturated carbocycles. The molecular weight excluding hydrogens is 342 g/mol. The summed E-state index contributed by atoms with van der Waals surface area (Å²) in [5.74, 6) is -1.62. The van der Waals surface area contributed by atoms with Gasteiger partial charge in [-0.1, -0.05) is 11.6 Å². The van der Waals surface area contributed by atoms with Crippen molar-refractivity contribution in [2.45, 2.75) is 46.1 Å². The van der Waals surface area contributed by atoms with Crippen LogP contribution >= 0.6 is 11.6 Å². The third-order valence-electron chi connectivity index (χ3n) is 2.65. The number of aryl methyl sites for hydroxylation is 2. The molecule has 1 unspecified atom stereocenters. The van der Waals surface area contributed by atoms with Crippen LogP contribution in [0.25, 0.3) is 0 Å². The molecule has 7 nitrogen and oxygen atoms in total. The van der Waals surface area contributed by atoms with Crippen molar-refractivity contribution in [2.24, 2.45) is 0 Å². The Kier molecular flexibility index (Phi) is 7.40. The first-order valence-electron chi connectivity index (χ1n) is 7.51. The fraction of sp³-hybridized carbons (Fsp3) is 0.412. The van der Waals surface area contributed by atoms with Crippen molar-refractivity contribution >= 4 is 17.6 Å². The zero-order chi connectivity index (χ0) is 19.0. The molecule has 0 radical (unpaired) electrons. The van der Waals surface area contributed by atoms with Crippen LogP contribution in [0.15, 0.2) is 24.3 Å². The summed E-state index contributed by atoms with van der Waals surface area (Å²) in [7, 11) is 0. The highest BCUT2D eigenvalue weighted by molar-refractivity contribution is 6.29. The molecule has 0 amide bonds. The van der Waals surface area contributed by atoms with Crippen LogP contribution < -0.4 is 0 Å². The van der Waals surface area contributed by atoms with E-state index in [1.165, 1.54) is 0 Å². The smallest absolute Gasteiger partial charge is 0.330 e. The SMILES string of the molecule is Cc1ccc(C(C#N)C(=O)OC(C)(C)C)nn1.Cc1ccc(Cl)nn1. The van der Waals surface area contributed by atoms with Crippen LogP contribution in [0.2, 0.25) is 5.15 Å². The van der Waals surface area contributed by atoms with Crippen molar-refractivity contribution in [2.75, 3.05) is 0 Å². The Morgan fingerprint density at radius 2 is 1.64 bits per heavy atom. The highest BCUT2D eigenvalue weighted by Gasteiger charge is 2.27. The normalized spacial score (nSPS) is 11.6. The molecule has 2 aromatic heterocycles. The largest absolute Gasteiger partial charge is 0.459 e. The number of carbonyl (C=O) groups is 1. The molecular formula is C17H20ClN5O2. The molecule has 0 fully saturated rings. The number of ether oxygens (including phenoxy) is 1. The van der Waals surface area contributed by atoms with Gasteiger partial charge in [-0.05, 0) is 58.9 Å². The maximum Gasteiger partial charge on any atom is 0.330 e. The Morgan fingerprint density at radius 3 is 2.00 bits per heavy atom. The third kappa shape index (κ3) is 7.68. The van der Waals surface area contributed by atoms with Crippen LogP contribution in [0.3, 0.4) is 0 Å². The zero-order valence-electron chi connectivity index (χ0n) is 14.8. The summed E-state index contributed by atoms with van der Waals surface area (Å²) in [6.45, 7) is 8.90. The van der Waals surface area contributed by atoms with Gasteiger partial charge >= 0.3 is 5.97 Å². The first kappa shape index (κ1) is 20.5. The van der Waals surface area contributed by atoms with Crippen molar-refractivity contribution in [3.8, 4) is 6.07 Å². The molecule has 2 heterocycles. The van der Waals surface area contributed by atoms with Crippen molar-refractivity contribution in [3.05, 3.63) is 46.5 Å². The average molecular weight is 362 g/mol. The van der Waals surface area contributed by atoms with E-state index in [9.17, 15) is 4.79 Å². The van der Waals surface area contributed by atoms with Gasteiger partial charge in [-0.25, -0.2) is 0 Å². The average Bonchev–Trinajstić information content (AvgIpc) is 2.52. The van der Waals surface area contributed by atoms with Gasteiger partial charge in [0.15, 0.2) is 11.1 Å². The van der Waals surface area contributed by atoms with E-state index in [1.807, 2.05) is 19.1 Å². The Morgan fingerprint density at radius 1 is 1.08 bits per heavy atom. The Balaban J connectivity index is 0.000000324. The Hall–Kier alpha value is -2.59. The number of aromatic nitrogens is 4. The van der Waals surface area contributed by atoms with Crippen LogP contribution in [0, 0.1) is 25.2 Å². The molecule has 0 spiro atoms. The highest BCUT2D eigenvalue weighted by Crippen LogP contribution is 2.18. The predicted molar refractivity (Wildman–Crippen MR) is 92.7 cm³/mol. The summed E-state index contributed by atoms with van der Waals surface area (Å²) in [4.78, 5) is 11.8.